The molecule has 0 fully saturated rings. The number of hydrogen-bond acceptors (Lipinski definition) is 6. The lowest BCUT2D eigenvalue weighted by Crippen LogP contribution is -2.34. The molecule has 8 heteroatoms. The third-order valence-electron chi connectivity index (χ3n) is 2.71. The first-order valence-corrected chi connectivity index (χ1v) is 8.18. The van der Waals surface area contributed by atoms with Crippen molar-refractivity contribution in [2.75, 3.05) is 13.7 Å². The number of aliphatic imine (C=N–C) groups is 1. The van der Waals surface area contributed by atoms with Crippen LogP contribution in [0.5, 0.6) is 0 Å². The van der Waals surface area contributed by atoms with Gasteiger partial charge in [0.1, 0.15) is 0 Å². The van der Waals surface area contributed by atoms with Gasteiger partial charge in [-0.05, 0) is 18.4 Å². The Kier molecular flexibility index (Phi) is 5.77. The monoisotopic (exact) mass is 327 g/mol. The van der Waals surface area contributed by atoms with Gasteiger partial charge in [-0.15, -0.1) is 11.3 Å². The fourth-order valence-electron chi connectivity index (χ4n) is 1.87. The minimum absolute atomic E-state index is 0.00559. The summed E-state index contributed by atoms with van der Waals surface area (Å²) in [5, 5.41) is 15.8. The van der Waals surface area contributed by atoms with Gasteiger partial charge in [0, 0.05) is 7.11 Å². The molecule has 0 spiro atoms. The lowest BCUT2D eigenvalue weighted by molar-refractivity contribution is -0.136. The van der Waals surface area contributed by atoms with Crippen LogP contribution < -0.4 is 5.43 Å². The lowest BCUT2D eigenvalue weighted by Gasteiger charge is -2.23. The van der Waals surface area contributed by atoms with Crippen LogP contribution in [0.4, 0.5) is 0 Å². The first-order valence-electron chi connectivity index (χ1n) is 6.42. The molecule has 114 valence electrons. The number of hydrazone groups is 1. The molecule has 0 bridgehead atoms. The summed E-state index contributed by atoms with van der Waals surface area (Å²) in [5.41, 5.74) is 3.67. The Labute approximate surface area is 131 Å². The van der Waals surface area contributed by atoms with E-state index >= 15 is 0 Å². The molecule has 1 aromatic rings. The maximum atomic E-state index is 11.1. The van der Waals surface area contributed by atoms with Crippen molar-refractivity contribution in [2.24, 2.45) is 10.1 Å². The van der Waals surface area contributed by atoms with Crippen molar-refractivity contribution >= 4 is 39.9 Å². The zero-order valence-corrected chi connectivity index (χ0v) is 13.4. The van der Waals surface area contributed by atoms with Crippen molar-refractivity contribution in [1.29, 1.82) is 0 Å². The van der Waals surface area contributed by atoms with Crippen LogP contribution in [0.25, 0.3) is 0 Å². The van der Waals surface area contributed by atoms with E-state index in [2.05, 4.69) is 15.5 Å². The summed E-state index contributed by atoms with van der Waals surface area (Å²) in [6, 6.07) is 3.86. The number of thiophene rings is 1. The minimum Gasteiger partial charge on any atom is -0.481 e. The number of carbonyl (C=O) groups is 1. The predicted molar refractivity (Wildman–Crippen MR) is 86.4 cm³/mol. The number of hydrogen-bond donors (Lipinski definition) is 2. The number of carboxylic acid groups (broad SMARTS) is 1. The van der Waals surface area contributed by atoms with Crippen molar-refractivity contribution < 1.29 is 14.6 Å². The highest BCUT2D eigenvalue weighted by Crippen LogP contribution is 2.27. The predicted octanol–water partition coefficient (Wildman–Crippen LogP) is 2.02. The summed E-state index contributed by atoms with van der Waals surface area (Å²) < 4.78 is 5.04. The molecule has 0 amide bonds. The number of amidine groups is 1. The molecule has 1 aliphatic heterocycles. The second kappa shape index (κ2) is 7.58. The fourth-order valence-corrected chi connectivity index (χ4v) is 3.84. The lowest BCUT2D eigenvalue weighted by atomic mass is 10.1. The normalized spacial score (nSPS) is 21.7. The third-order valence-corrected chi connectivity index (χ3v) is 4.70. The van der Waals surface area contributed by atoms with E-state index in [1.165, 1.54) is 11.8 Å². The van der Waals surface area contributed by atoms with E-state index in [0.717, 1.165) is 10.6 Å². The summed E-state index contributed by atoms with van der Waals surface area (Å²) in [6.45, 7) is 2.44. The third kappa shape index (κ3) is 4.55. The van der Waals surface area contributed by atoms with Gasteiger partial charge >= 0.3 is 5.97 Å². The highest BCUT2D eigenvalue weighted by molar-refractivity contribution is 8.15. The average Bonchev–Trinajstić information content (AvgIpc) is 2.92. The Balaban J connectivity index is 2.18. The highest BCUT2D eigenvalue weighted by atomic mass is 32.2. The van der Waals surface area contributed by atoms with Gasteiger partial charge < -0.3 is 9.84 Å². The van der Waals surface area contributed by atoms with E-state index in [-0.39, 0.29) is 17.7 Å². The molecule has 2 heterocycles. The quantitative estimate of drug-likeness (QED) is 0.835. The Hall–Kier alpha value is -1.38. The summed E-state index contributed by atoms with van der Waals surface area (Å²) in [6.07, 6.45) is 0.0146. The molecular formula is C13H17N3O3S2. The van der Waals surface area contributed by atoms with Crippen LogP contribution in [0, 0.1) is 0 Å². The Bertz CT molecular complexity index is 543. The molecule has 0 radical (unpaired) electrons. The maximum absolute atomic E-state index is 11.1. The topological polar surface area (TPSA) is 83.3 Å². The molecule has 1 aromatic heterocycles. The van der Waals surface area contributed by atoms with Crippen LogP contribution in [0.15, 0.2) is 27.6 Å². The van der Waals surface area contributed by atoms with Crippen molar-refractivity contribution in [1.82, 2.24) is 5.43 Å². The van der Waals surface area contributed by atoms with E-state index in [4.69, 9.17) is 9.84 Å². The van der Waals surface area contributed by atoms with Crippen LogP contribution in [0.3, 0.4) is 0 Å². The number of aliphatic carboxylic acids is 1. The first-order chi connectivity index (χ1) is 10.1. The van der Waals surface area contributed by atoms with Gasteiger partial charge in [-0.25, -0.2) is 0 Å². The summed E-state index contributed by atoms with van der Waals surface area (Å²) in [4.78, 5) is 16.5. The van der Waals surface area contributed by atoms with Gasteiger partial charge in [0.25, 0.3) is 0 Å². The van der Waals surface area contributed by atoms with Crippen molar-refractivity contribution in [3.05, 3.63) is 22.4 Å². The number of nitrogens with one attached hydrogen (secondary N) is 1. The minimum atomic E-state index is -0.844. The number of methoxy groups -OCH3 is 1. The molecule has 0 unspecified atom stereocenters. The van der Waals surface area contributed by atoms with Gasteiger partial charge in [-0.1, -0.05) is 17.8 Å². The maximum Gasteiger partial charge on any atom is 0.304 e. The van der Waals surface area contributed by atoms with E-state index < -0.39 is 5.97 Å². The molecule has 0 aliphatic carbocycles. The Morgan fingerprint density at radius 1 is 1.67 bits per heavy atom. The van der Waals surface area contributed by atoms with Crippen LogP contribution >= 0.6 is 23.1 Å². The van der Waals surface area contributed by atoms with Crippen LogP contribution in [0.1, 0.15) is 18.2 Å². The molecule has 21 heavy (non-hydrogen) atoms. The molecule has 1 aliphatic rings. The summed E-state index contributed by atoms with van der Waals surface area (Å²) in [7, 11) is 1.62. The number of carboxylic acids is 1. The zero-order valence-electron chi connectivity index (χ0n) is 11.8. The first kappa shape index (κ1) is 16.0. The van der Waals surface area contributed by atoms with Gasteiger partial charge in [0.15, 0.2) is 5.17 Å². The molecule has 0 saturated carbocycles. The van der Waals surface area contributed by atoms with Crippen molar-refractivity contribution in [2.45, 2.75) is 24.6 Å². The molecule has 6 nitrogen and oxygen atoms in total. The second-order valence-electron chi connectivity index (χ2n) is 4.53. The SMILES string of the molecule is COC[C@H](C)N=C1NN=C(c2cccs2)[C@@H](CC(=O)O)S1. The van der Waals surface area contributed by atoms with Gasteiger partial charge in [0.2, 0.25) is 0 Å². The molecule has 2 atom stereocenters. The number of ether oxygens (including phenoxy) is 1. The van der Waals surface area contributed by atoms with Gasteiger partial charge in [-0.3, -0.25) is 15.2 Å². The number of rotatable bonds is 6. The summed E-state index contributed by atoms with van der Waals surface area (Å²) in [5.74, 6) is -0.844. The standard InChI is InChI=1S/C13H17N3O3S2/c1-8(7-19-2)14-13-16-15-12(9-4-3-5-20-9)10(21-13)6-11(17)18/h3-5,8,10H,6-7H2,1-2H3,(H,14,16)(H,17,18)/t8-,10+/m0/s1. The molecule has 2 N–H and O–H groups in total. The van der Waals surface area contributed by atoms with E-state index in [1.54, 1.807) is 18.4 Å². The van der Waals surface area contributed by atoms with E-state index in [1.807, 2.05) is 24.4 Å². The molecule has 2 rings (SSSR count). The van der Waals surface area contributed by atoms with Gasteiger partial charge in [0.05, 0.1) is 34.9 Å². The highest BCUT2D eigenvalue weighted by Gasteiger charge is 2.28. The molecular weight excluding hydrogens is 310 g/mol. The fraction of sp³-hybridized carbons (Fsp3) is 0.462. The van der Waals surface area contributed by atoms with E-state index in [0.29, 0.717) is 11.8 Å². The second-order valence-corrected chi connectivity index (χ2v) is 6.67. The van der Waals surface area contributed by atoms with Crippen LogP contribution in [0.2, 0.25) is 0 Å². The number of nitrogens with zero attached hydrogens (tertiary/aromatic N) is 2. The number of thioether (sulfide) groups is 1. The zero-order chi connectivity index (χ0) is 15.2. The van der Waals surface area contributed by atoms with E-state index in [9.17, 15) is 4.79 Å². The Morgan fingerprint density at radius 3 is 3.10 bits per heavy atom. The largest absolute Gasteiger partial charge is 0.481 e. The molecule has 0 aromatic carbocycles. The average molecular weight is 327 g/mol. The van der Waals surface area contributed by atoms with Gasteiger partial charge in [-0.2, -0.15) is 5.10 Å². The molecule has 0 saturated heterocycles. The smallest absolute Gasteiger partial charge is 0.304 e. The van der Waals surface area contributed by atoms with Crippen LogP contribution in [-0.2, 0) is 9.53 Å². The van der Waals surface area contributed by atoms with Crippen LogP contribution in [-0.4, -0.2) is 47.0 Å². The van der Waals surface area contributed by atoms with Crippen molar-refractivity contribution in [3.8, 4) is 0 Å². The Morgan fingerprint density at radius 2 is 2.48 bits per heavy atom. The van der Waals surface area contributed by atoms with Crippen molar-refractivity contribution in [3.63, 3.8) is 0 Å². The summed E-state index contributed by atoms with van der Waals surface area (Å²) >= 11 is 2.95.